The van der Waals surface area contributed by atoms with Gasteiger partial charge in [0, 0.05) is 5.56 Å². The van der Waals surface area contributed by atoms with Gasteiger partial charge in [-0.2, -0.15) is 0 Å². The van der Waals surface area contributed by atoms with E-state index < -0.39 is 0 Å². The van der Waals surface area contributed by atoms with E-state index in [1.54, 1.807) is 24.3 Å². The number of phenolic OH excluding ortho intramolecular Hbond substituents is 1. The van der Waals surface area contributed by atoms with E-state index in [2.05, 4.69) is 4.98 Å². The number of aromatic nitrogens is 1. The number of benzene rings is 1. The first-order valence-electron chi connectivity index (χ1n) is 4.31. The van der Waals surface area contributed by atoms with Gasteiger partial charge in [0.2, 0.25) is 0 Å². The van der Waals surface area contributed by atoms with Crippen molar-refractivity contribution in [3.05, 3.63) is 41.7 Å². The lowest BCUT2D eigenvalue weighted by atomic mass is 10.1. The van der Waals surface area contributed by atoms with Crippen LogP contribution >= 0.6 is 11.6 Å². The quantitative estimate of drug-likeness (QED) is 0.728. The Hall–Kier alpha value is -1.74. The van der Waals surface area contributed by atoms with E-state index in [1.807, 2.05) is 0 Å². The van der Waals surface area contributed by atoms with Gasteiger partial charge in [-0.1, -0.05) is 23.7 Å². The normalized spacial score (nSPS) is 10.2. The predicted molar refractivity (Wildman–Crippen MR) is 58.0 cm³/mol. The van der Waals surface area contributed by atoms with Gasteiger partial charge in [-0.3, -0.25) is 0 Å². The minimum Gasteiger partial charge on any atom is -0.508 e. The average Bonchev–Trinajstić information content (AvgIpc) is 2.23. The van der Waals surface area contributed by atoms with Crippen molar-refractivity contribution in [2.75, 3.05) is 0 Å². The van der Waals surface area contributed by atoms with Gasteiger partial charge in [-0.15, -0.1) is 0 Å². The van der Waals surface area contributed by atoms with Crippen LogP contribution in [0.3, 0.4) is 0 Å². The van der Waals surface area contributed by atoms with Crippen LogP contribution in [0.15, 0.2) is 36.5 Å². The molecule has 0 atom stereocenters. The lowest BCUT2D eigenvalue weighted by Gasteiger charge is -2.04. The molecule has 4 heteroatoms. The summed E-state index contributed by atoms with van der Waals surface area (Å²) in [4.78, 5) is 3.83. The van der Waals surface area contributed by atoms with Crippen LogP contribution in [0.2, 0.25) is 5.15 Å². The van der Waals surface area contributed by atoms with E-state index in [9.17, 15) is 5.11 Å². The summed E-state index contributed by atoms with van der Waals surface area (Å²) in [6, 6.07) is 8.04. The molecule has 0 saturated heterocycles. The highest BCUT2D eigenvalue weighted by Crippen LogP contribution is 2.29. The van der Waals surface area contributed by atoms with Crippen molar-refractivity contribution < 1.29 is 10.2 Å². The molecule has 0 unspecified atom stereocenters. The molecule has 3 nitrogen and oxygen atoms in total. The smallest absolute Gasteiger partial charge is 0.137 e. The summed E-state index contributed by atoms with van der Waals surface area (Å²) >= 11 is 5.89. The van der Waals surface area contributed by atoms with E-state index >= 15 is 0 Å². The molecule has 0 aliphatic heterocycles. The molecule has 0 saturated carbocycles. The molecule has 1 aromatic carbocycles. The highest BCUT2D eigenvalue weighted by atomic mass is 35.5. The number of aromatic hydroxyl groups is 2. The molecule has 0 aliphatic rings. The van der Waals surface area contributed by atoms with Gasteiger partial charge in [0.05, 0.1) is 6.20 Å². The molecule has 0 amide bonds. The van der Waals surface area contributed by atoms with Gasteiger partial charge in [-0.05, 0) is 23.8 Å². The molecule has 1 aromatic heterocycles. The largest absolute Gasteiger partial charge is 0.508 e. The zero-order chi connectivity index (χ0) is 10.8. The van der Waals surface area contributed by atoms with Gasteiger partial charge in [-0.25, -0.2) is 4.98 Å². The van der Waals surface area contributed by atoms with Crippen LogP contribution in [-0.4, -0.2) is 15.2 Å². The maximum absolute atomic E-state index is 9.28. The van der Waals surface area contributed by atoms with Gasteiger partial charge in [0.15, 0.2) is 0 Å². The van der Waals surface area contributed by atoms with Crippen molar-refractivity contribution in [1.29, 1.82) is 0 Å². The van der Waals surface area contributed by atoms with Crippen LogP contribution in [0.1, 0.15) is 0 Å². The topological polar surface area (TPSA) is 53.4 Å². The monoisotopic (exact) mass is 221 g/mol. The minimum absolute atomic E-state index is 0.0578. The third kappa shape index (κ3) is 2.02. The highest BCUT2D eigenvalue weighted by molar-refractivity contribution is 6.32. The summed E-state index contributed by atoms with van der Waals surface area (Å²) < 4.78 is 0. The number of rotatable bonds is 1. The Bertz CT molecular complexity index is 482. The summed E-state index contributed by atoms with van der Waals surface area (Å²) in [5.74, 6) is 0.241. The molecule has 0 bridgehead atoms. The molecule has 1 heterocycles. The summed E-state index contributed by atoms with van der Waals surface area (Å²) in [6.45, 7) is 0. The number of nitrogens with zero attached hydrogens (tertiary/aromatic N) is 1. The van der Waals surface area contributed by atoms with E-state index in [0.29, 0.717) is 10.7 Å². The van der Waals surface area contributed by atoms with Crippen LogP contribution in [0, 0.1) is 0 Å². The summed E-state index contributed by atoms with van der Waals surface area (Å²) in [5.41, 5.74) is 1.43. The Morgan fingerprint density at radius 1 is 1.00 bits per heavy atom. The van der Waals surface area contributed by atoms with Crippen LogP contribution in [0.5, 0.6) is 11.5 Å². The molecular weight excluding hydrogens is 214 g/mol. The number of hydrogen-bond donors (Lipinski definition) is 2. The second-order valence-corrected chi connectivity index (χ2v) is 3.44. The standard InChI is InChI=1S/C11H8ClNO2/c12-11-10(5-9(15)6-13-11)7-1-3-8(14)4-2-7/h1-6,14-15H. The fourth-order valence-electron chi connectivity index (χ4n) is 1.28. The fraction of sp³-hybridized carbons (Fsp3) is 0. The first-order valence-corrected chi connectivity index (χ1v) is 4.68. The third-order valence-electron chi connectivity index (χ3n) is 2.00. The fourth-order valence-corrected chi connectivity index (χ4v) is 1.49. The Balaban J connectivity index is 2.53. The summed E-state index contributed by atoms with van der Waals surface area (Å²) in [7, 11) is 0. The van der Waals surface area contributed by atoms with E-state index in [-0.39, 0.29) is 11.5 Å². The maximum Gasteiger partial charge on any atom is 0.137 e. The average molecular weight is 222 g/mol. The lowest BCUT2D eigenvalue weighted by molar-refractivity contribution is 0.473. The van der Waals surface area contributed by atoms with Crippen LogP contribution in [-0.2, 0) is 0 Å². The number of phenols is 1. The Kier molecular flexibility index (Phi) is 2.47. The second-order valence-electron chi connectivity index (χ2n) is 3.08. The zero-order valence-electron chi connectivity index (χ0n) is 7.68. The number of hydrogen-bond acceptors (Lipinski definition) is 3. The first kappa shape index (κ1) is 9.80. The van der Waals surface area contributed by atoms with Gasteiger partial charge in [0.25, 0.3) is 0 Å². The Labute approximate surface area is 91.6 Å². The number of halogens is 1. The van der Waals surface area contributed by atoms with E-state index in [0.717, 1.165) is 5.56 Å². The SMILES string of the molecule is Oc1ccc(-c2cc(O)cnc2Cl)cc1. The molecule has 0 spiro atoms. The molecule has 2 N–H and O–H groups in total. The molecule has 2 rings (SSSR count). The van der Waals surface area contributed by atoms with Crippen molar-refractivity contribution >= 4 is 11.6 Å². The third-order valence-corrected chi connectivity index (χ3v) is 2.30. The van der Waals surface area contributed by atoms with Gasteiger partial charge >= 0.3 is 0 Å². The van der Waals surface area contributed by atoms with Gasteiger partial charge in [0.1, 0.15) is 16.7 Å². The molecule has 2 aromatic rings. The lowest BCUT2D eigenvalue weighted by Crippen LogP contribution is -1.82. The summed E-state index contributed by atoms with van der Waals surface area (Å²) in [6.07, 6.45) is 1.28. The molecular formula is C11H8ClNO2. The first-order chi connectivity index (χ1) is 7.16. The number of pyridine rings is 1. The molecule has 15 heavy (non-hydrogen) atoms. The van der Waals surface area contributed by atoms with Crippen molar-refractivity contribution in [2.45, 2.75) is 0 Å². The second kappa shape index (κ2) is 3.79. The molecule has 0 aliphatic carbocycles. The van der Waals surface area contributed by atoms with Crippen molar-refractivity contribution in [3.63, 3.8) is 0 Å². The van der Waals surface area contributed by atoms with Crippen LogP contribution in [0.4, 0.5) is 0 Å². The molecule has 76 valence electrons. The minimum atomic E-state index is 0.0578. The van der Waals surface area contributed by atoms with Crippen LogP contribution < -0.4 is 0 Å². The Morgan fingerprint density at radius 3 is 2.33 bits per heavy atom. The van der Waals surface area contributed by atoms with E-state index in [4.69, 9.17) is 16.7 Å². The van der Waals surface area contributed by atoms with Crippen molar-refractivity contribution in [3.8, 4) is 22.6 Å². The highest BCUT2D eigenvalue weighted by Gasteiger charge is 2.05. The van der Waals surface area contributed by atoms with Gasteiger partial charge < -0.3 is 10.2 Å². The van der Waals surface area contributed by atoms with Crippen molar-refractivity contribution in [2.24, 2.45) is 0 Å². The van der Waals surface area contributed by atoms with E-state index in [1.165, 1.54) is 12.3 Å². The van der Waals surface area contributed by atoms with Crippen molar-refractivity contribution in [1.82, 2.24) is 4.98 Å². The predicted octanol–water partition coefficient (Wildman–Crippen LogP) is 2.81. The summed E-state index contributed by atoms with van der Waals surface area (Å²) in [5, 5.41) is 18.7. The van der Waals surface area contributed by atoms with Crippen LogP contribution in [0.25, 0.3) is 11.1 Å². The maximum atomic E-state index is 9.28. The molecule has 0 fully saturated rings. The zero-order valence-corrected chi connectivity index (χ0v) is 8.44. The molecule has 0 radical (unpaired) electrons. The Morgan fingerprint density at radius 2 is 1.67 bits per heavy atom.